The first kappa shape index (κ1) is 24.1. The largest absolute Gasteiger partial charge is 1.00 e. The van der Waals surface area contributed by atoms with Crippen LogP contribution in [0.15, 0.2) is 69.8 Å². The average molecular weight is 535 g/mol. The second-order valence-electron chi connectivity index (χ2n) is 7.40. The van der Waals surface area contributed by atoms with E-state index >= 15 is 0 Å². The van der Waals surface area contributed by atoms with Gasteiger partial charge in [0.2, 0.25) is 0 Å². The number of thiazole rings is 2. The predicted octanol–water partition coefficient (Wildman–Crippen LogP) is 1.12. The lowest BCUT2D eigenvalue weighted by Crippen LogP contribution is -3.00. The molecule has 0 amide bonds. The van der Waals surface area contributed by atoms with E-state index in [0.29, 0.717) is 11.6 Å². The van der Waals surface area contributed by atoms with Gasteiger partial charge < -0.3 is 17.3 Å². The summed E-state index contributed by atoms with van der Waals surface area (Å²) in [4.78, 5) is 16.5. The number of aromatic nitrogens is 2. The van der Waals surface area contributed by atoms with E-state index in [9.17, 15) is 4.79 Å². The maximum atomic E-state index is 13.3. The third kappa shape index (κ3) is 4.66. The first-order chi connectivity index (χ1) is 15.5. The molecule has 2 aromatic heterocycles. The van der Waals surface area contributed by atoms with Crippen LogP contribution in [0.4, 0.5) is 5.69 Å². The molecule has 0 spiro atoms. The Labute approximate surface area is 215 Å². The monoisotopic (exact) mass is 533 g/mol. The molecule has 0 aliphatic carbocycles. The molecule has 5 rings (SSSR count). The van der Waals surface area contributed by atoms with Crippen molar-refractivity contribution in [2.45, 2.75) is 24.9 Å². The maximum absolute atomic E-state index is 13.3. The second kappa shape index (κ2) is 10.1. The van der Waals surface area contributed by atoms with E-state index in [1.807, 2.05) is 42.8 Å². The molecule has 0 fully saturated rings. The minimum Gasteiger partial charge on any atom is -1.00 e. The van der Waals surface area contributed by atoms with Crippen molar-refractivity contribution in [3.8, 4) is 0 Å². The molecule has 9 heteroatoms. The van der Waals surface area contributed by atoms with Gasteiger partial charge in [0.1, 0.15) is 14.2 Å². The number of thioether (sulfide) groups is 1. The first-order valence-electron chi connectivity index (χ1n) is 10.2. The van der Waals surface area contributed by atoms with Crippen molar-refractivity contribution in [2.75, 3.05) is 11.9 Å². The van der Waals surface area contributed by atoms with Gasteiger partial charge in [-0.2, -0.15) is 4.57 Å². The minimum atomic E-state index is 0. The summed E-state index contributed by atoms with van der Waals surface area (Å²) in [6, 6.07) is 16.3. The Morgan fingerprint density at radius 1 is 1.15 bits per heavy atom. The van der Waals surface area contributed by atoms with Gasteiger partial charge >= 0.3 is 0 Å². The second-order valence-corrected chi connectivity index (χ2v) is 10.8. The van der Waals surface area contributed by atoms with E-state index in [-0.39, 0.29) is 18.0 Å². The quantitative estimate of drug-likeness (QED) is 0.368. The van der Waals surface area contributed by atoms with E-state index in [2.05, 4.69) is 51.4 Å². The Balaban J connectivity index is 0.00000259. The average Bonchev–Trinajstić information content (AvgIpc) is 3.45. The zero-order valence-electron chi connectivity index (χ0n) is 18.0. The Kier molecular flexibility index (Phi) is 7.36. The topological polar surface area (TPSA) is 29.1 Å². The Hall–Kier alpha value is -2.03. The van der Waals surface area contributed by atoms with Crippen LogP contribution in [0, 0.1) is 0 Å². The first-order valence-corrected chi connectivity index (χ1v) is 13.1. The van der Waals surface area contributed by atoms with Gasteiger partial charge in [-0.05, 0) is 25.1 Å². The van der Waals surface area contributed by atoms with Crippen molar-refractivity contribution < 1.29 is 17.0 Å². The molecule has 0 unspecified atom stereocenters. The Morgan fingerprint density at radius 2 is 1.94 bits per heavy atom. The highest BCUT2D eigenvalue weighted by Crippen LogP contribution is 2.46. The van der Waals surface area contributed by atoms with Crippen LogP contribution in [-0.4, -0.2) is 11.6 Å². The Bertz CT molecular complexity index is 1470. The van der Waals surface area contributed by atoms with Crippen LogP contribution >= 0.6 is 46.0 Å². The molecule has 2 aromatic carbocycles. The van der Waals surface area contributed by atoms with Crippen LogP contribution in [-0.2, 0) is 13.1 Å². The van der Waals surface area contributed by atoms with Gasteiger partial charge in [-0.3, -0.25) is 9.36 Å². The molecule has 1 aliphatic heterocycles. The maximum Gasteiger partial charge on any atom is 0.271 e. The van der Waals surface area contributed by atoms with Crippen molar-refractivity contribution in [2.24, 2.45) is 0 Å². The summed E-state index contributed by atoms with van der Waals surface area (Å²) in [5.74, 6) is 0. The van der Waals surface area contributed by atoms with Gasteiger partial charge in [-0.1, -0.05) is 65.0 Å². The van der Waals surface area contributed by atoms with Crippen LogP contribution < -0.4 is 36.6 Å². The van der Waals surface area contributed by atoms with Crippen LogP contribution in [0.2, 0.25) is 5.02 Å². The number of anilines is 1. The summed E-state index contributed by atoms with van der Waals surface area (Å²) >= 11 is 11.0. The summed E-state index contributed by atoms with van der Waals surface area (Å²) in [6.45, 7) is 3.45. The highest BCUT2D eigenvalue weighted by Gasteiger charge is 2.25. The van der Waals surface area contributed by atoms with Gasteiger partial charge in [0, 0.05) is 29.1 Å². The lowest BCUT2D eigenvalue weighted by atomic mass is 10.2. The van der Waals surface area contributed by atoms with Crippen molar-refractivity contribution >= 4 is 62.8 Å². The fraction of sp³-hybridized carbons (Fsp3) is 0.167. The summed E-state index contributed by atoms with van der Waals surface area (Å²) in [5, 5.41) is 4.88. The molecule has 0 atom stereocenters. The number of nitrogens with zero attached hydrogens (tertiary/aromatic N) is 3. The van der Waals surface area contributed by atoms with E-state index in [4.69, 9.17) is 11.6 Å². The number of rotatable bonds is 4. The highest BCUT2D eigenvalue weighted by molar-refractivity contribution is 8.08. The molecule has 0 saturated heterocycles. The van der Waals surface area contributed by atoms with Crippen molar-refractivity contribution in [3.63, 3.8) is 0 Å². The summed E-state index contributed by atoms with van der Waals surface area (Å²) in [6.07, 6.45) is 4.24. The molecular weight excluding hydrogens is 513 g/mol. The molecule has 4 aromatic rings. The summed E-state index contributed by atoms with van der Waals surface area (Å²) in [7, 11) is 2.01. The molecule has 0 bridgehead atoms. The van der Waals surface area contributed by atoms with Crippen LogP contribution in [0.3, 0.4) is 0 Å². The van der Waals surface area contributed by atoms with Crippen LogP contribution in [0.5, 0.6) is 0 Å². The molecule has 1 aliphatic rings. The number of hydrogen-bond donors (Lipinski definition) is 0. The lowest BCUT2D eigenvalue weighted by Gasteiger charge is -2.12. The number of halogens is 2. The lowest BCUT2D eigenvalue weighted by molar-refractivity contribution is -0.685. The normalized spacial score (nSPS) is 15.0. The zero-order valence-corrected chi connectivity index (χ0v) is 22.0. The molecule has 170 valence electrons. The predicted molar refractivity (Wildman–Crippen MR) is 136 cm³/mol. The van der Waals surface area contributed by atoms with Crippen molar-refractivity contribution in [3.05, 3.63) is 95.3 Å². The Morgan fingerprint density at radius 3 is 2.70 bits per heavy atom. The van der Waals surface area contributed by atoms with Gasteiger partial charge in [0.25, 0.3) is 10.6 Å². The third-order valence-electron chi connectivity index (χ3n) is 5.37. The highest BCUT2D eigenvalue weighted by atomic mass is 35.5. The van der Waals surface area contributed by atoms with Gasteiger partial charge in [0.05, 0.1) is 17.1 Å². The SMILES string of the molecule is CCn1c(=O)/c(=C2\Sc3cc(Cl)ccc3N2C)s/c1=C\c1scc[n+]1Cc1ccccc1.[Cl-]. The molecule has 0 N–H and O–H groups in total. The van der Waals surface area contributed by atoms with E-state index < -0.39 is 0 Å². The van der Waals surface area contributed by atoms with E-state index in [0.717, 1.165) is 36.4 Å². The molecular formula is C24H21Cl2N3OS3. The fourth-order valence-corrected chi connectivity index (χ4v) is 7.34. The van der Waals surface area contributed by atoms with Gasteiger partial charge in [-0.15, -0.1) is 11.3 Å². The van der Waals surface area contributed by atoms with E-state index in [1.165, 1.54) is 5.56 Å². The number of benzene rings is 2. The molecule has 33 heavy (non-hydrogen) atoms. The fourth-order valence-electron chi connectivity index (χ4n) is 3.74. The van der Waals surface area contributed by atoms with Gasteiger partial charge in [0.15, 0.2) is 12.7 Å². The molecule has 3 heterocycles. The molecule has 0 saturated carbocycles. The zero-order chi connectivity index (χ0) is 22.2. The van der Waals surface area contributed by atoms with Crippen molar-refractivity contribution in [1.82, 2.24) is 4.57 Å². The summed E-state index contributed by atoms with van der Waals surface area (Å²) < 4.78 is 5.83. The van der Waals surface area contributed by atoms with E-state index in [1.54, 1.807) is 34.4 Å². The van der Waals surface area contributed by atoms with Crippen LogP contribution in [0.1, 0.15) is 17.5 Å². The van der Waals surface area contributed by atoms with Crippen LogP contribution in [0.25, 0.3) is 11.1 Å². The molecule has 4 nitrogen and oxygen atoms in total. The standard InChI is InChI=1S/C24H21ClN3OS3.ClH/c1-3-28-21(14-20-27(11-12-30-20)15-16-7-5-4-6-8-16)32-22(23(28)29)24-26(2)18-10-9-17(25)13-19(18)31-24;/h4-14H,3,15H2,1-2H3;1H/q+1;/p-1/b24-22+;. The number of fused-ring (bicyclic) bond motifs is 1. The minimum absolute atomic E-state index is 0. The number of hydrogen-bond acceptors (Lipinski definition) is 5. The van der Waals surface area contributed by atoms with Crippen molar-refractivity contribution in [1.29, 1.82) is 0 Å². The van der Waals surface area contributed by atoms with Gasteiger partial charge in [-0.25, -0.2) is 0 Å². The third-order valence-corrected chi connectivity index (χ3v) is 8.93. The molecule has 0 radical (unpaired) electrons. The summed E-state index contributed by atoms with van der Waals surface area (Å²) in [5.41, 5.74) is 2.39. The smallest absolute Gasteiger partial charge is 0.271 e.